The Morgan fingerprint density at radius 1 is 1.28 bits per heavy atom. The molecule has 0 saturated carbocycles. The van der Waals surface area contributed by atoms with Crippen LogP contribution in [0, 0.1) is 10.1 Å². The van der Waals surface area contributed by atoms with Crippen molar-refractivity contribution in [3.63, 3.8) is 0 Å². The molecule has 1 amide bonds. The number of thioether (sulfide) groups is 1. The number of nitrogens with zero attached hydrogens (tertiary/aromatic N) is 1. The maximum absolute atomic E-state index is 12.5. The number of rotatable bonds is 8. The zero-order chi connectivity index (χ0) is 21.4. The lowest BCUT2D eigenvalue weighted by Crippen LogP contribution is -2.20. The second kappa shape index (κ2) is 10.5. The van der Waals surface area contributed by atoms with Crippen LogP contribution in [0.4, 0.5) is 20.2 Å². The summed E-state index contributed by atoms with van der Waals surface area (Å²) in [6.07, 6.45) is 2.25. The minimum atomic E-state index is -2.65. The summed E-state index contributed by atoms with van der Waals surface area (Å²) in [5, 5.41) is 13.2. The number of hydrogen-bond acceptors (Lipinski definition) is 6. The fourth-order valence-corrected chi connectivity index (χ4v) is 2.86. The van der Waals surface area contributed by atoms with Crippen molar-refractivity contribution < 1.29 is 28.0 Å². The van der Waals surface area contributed by atoms with Crippen molar-refractivity contribution in [3.8, 4) is 0 Å². The van der Waals surface area contributed by atoms with Gasteiger partial charge in [0.1, 0.15) is 5.02 Å². The average Bonchev–Trinajstić information content (AvgIpc) is 2.66. The van der Waals surface area contributed by atoms with Crippen LogP contribution in [0.2, 0.25) is 5.02 Å². The molecule has 0 fully saturated rings. The minimum absolute atomic E-state index is 0.0447. The van der Waals surface area contributed by atoms with Crippen molar-refractivity contribution in [1.82, 2.24) is 0 Å². The van der Waals surface area contributed by atoms with Gasteiger partial charge in [-0.25, -0.2) is 4.79 Å². The van der Waals surface area contributed by atoms with Gasteiger partial charge >= 0.3 is 5.97 Å². The van der Waals surface area contributed by atoms with Crippen LogP contribution in [0.1, 0.15) is 5.56 Å². The summed E-state index contributed by atoms with van der Waals surface area (Å²) in [6, 6.07) is 9.93. The van der Waals surface area contributed by atoms with Crippen molar-refractivity contribution in [2.45, 2.75) is 10.7 Å². The average molecular weight is 443 g/mol. The van der Waals surface area contributed by atoms with Crippen LogP contribution < -0.4 is 5.32 Å². The van der Waals surface area contributed by atoms with Gasteiger partial charge in [-0.1, -0.05) is 41.6 Å². The number of alkyl halides is 2. The number of anilines is 1. The number of hydrogen-bond donors (Lipinski definition) is 1. The zero-order valence-electron chi connectivity index (χ0n) is 14.5. The second-order valence-corrected chi connectivity index (χ2v) is 6.77. The van der Waals surface area contributed by atoms with Gasteiger partial charge in [-0.2, -0.15) is 8.78 Å². The molecule has 2 rings (SSSR count). The van der Waals surface area contributed by atoms with Crippen molar-refractivity contribution in [2.75, 3.05) is 11.9 Å². The SMILES string of the molecule is O=C(COC(=O)/C=C/c1ccc(Cl)c([N+](=O)[O-])c1)Nc1ccccc1SC(F)F. The predicted molar refractivity (Wildman–Crippen MR) is 105 cm³/mol. The summed E-state index contributed by atoms with van der Waals surface area (Å²) in [7, 11) is 0. The number of carbonyl (C=O) groups is 2. The van der Waals surface area contributed by atoms with Gasteiger partial charge in [-0.3, -0.25) is 14.9 Å². The third-order valence-electron chi connectivity index (χ3n) is 3.30. The molecule has 0 bridgehead atoms. The molecule has 152 valence electrons. The summed E-state index contributed by atoms with van der Waals surface area (Å²) in [5.41, 5.74) is 0.185. The molecule has 0 aromatic heterocycles. The molecule has 0 aliphatic rings. The molecule has 0 aliphatic heterocycles. The summed E-state index contributed by atoms with van der Waals surface area (Å²) in [4.78, 5) is 34.0. The van der Waals surface area contributed by atoms with Crippen LogP contribution in [-0.4, -0.2) is 29.2 Å². The van der Waals surface area contributed by atoms with E-state index in [1.807, 2.05) is 0 Å². The van der Waals surface area contributed by atoms with Crippen molar-refractivity contribution in [1.29, 1.82) is 0 Å². The van der Waals surface area contributed by atoms with E-state index >= 15 is 0 Å². The fourth-order valence-electron chi connectivity index (χ4n) is 2.08. The standard InChI is InChI=1S/C18H13ClF2N2O5S/c19-12-7-5-11(9-14(12)23(26)27)6-8-17(25)28-10-16(24)22-13-3-1-2-4-15(13)29-18(20)21/h1-9,18H,10H2,(H,22,24)/b8-6+. The highest BCUT2D eigenvalue weighted by atomic mass is 35.5. The Balaban J connectivity index is 1.91. The molecule has 29 heavy (non-hydrogen) atoms. The lowest BCUT2D eigenvalue weighted by molar-refractivity contribution is -0.384. The van der Waals surface area contributed by atoms with Crippen molar-refractivity contribution in [2.24, 2.45) is 0 Å². The lowest BCUT2D eigenvalue weighted by Gasteiger charge is -2.10. The number of para-hydroxylation sites is 1. The molecule has 0 heterocycles. The van der Waals surface area contributed by atoms with E-state index in [4.69, 9.17) is 16.3 Å². The third kappa shape index (κ3) is 7.16. The van der Waals surface area contributed by atoms with Crippen LogP contribution >= 0.6 is 23.4 Å². The number of esters is 1. The van der Waals surface area contributed by atoms with Gasteiger partial charge in [0.25, 0.3) is 17.4 Å². The van der Waals surface area contributed by atoms with Crippen molar-refractivity contribution >= 4 is 52.7 Å². The number of nitro benzene ring substituents is 1. The first-order valence-corrected chi connectivity index (χ1v) is 9.14. The van der Waals surface area contributed by atoms with Gasteiger partial charge in [0.05, 0.1) is 10.6 Å². The molecule has 0 unspecified atom stereocenters. The molecule has 7 nitrogen and oxygen atoms in total. The van der Waals surface area contributed by atoms with Gasteiger partial charge < -0.3 is 10.1 Å². The van der Waals surface area contributed by atoms with Gasteiger partial charge in [-0.15, -0.1) is 0 Å². The highest BCUT2D eigenvalue weighted by Gasteiger charge is 2.13. The van der Waals surface area contributed by atoms with Gasteiger partial charge in [-0.05, 0) is 29.8 Å². The Morgan fingerprint density at radius 2 is 2.00 bits per heavy atom. The molecule has 0 spiro atoms. The number of benzene rings is 2. The number of amides is 1. The number of nitrogens with one attached hydrogen (secondary N) is 1. The van der Waals surface area contributed by atoms with E-state index in [0.29, 0.717) is 5.56 Å². The molecule has 11 heteroatoms. The van der Waals surface area contributed by atoms with Crippen LogP contribution in [0.3, 0.4) is 0 Å². The monoisotopic (exact) mass is 442 g/mol. The Labute approximate surface area is 172 Å². The lowest BCUT2D eigenvalue weighted by atomic mass is 10.2. The smallest absolute Gasteiger partial charge is 0.331 e. The summed E-state index contributed by atoms with van der Waals surface area (Å²) in [6.45, 7) is -0.641. The maximum atomic E-state index is 12.5. The van der Waals surface area contributed by atoms with Crippen molar-refractivity contribution in [3.05, 3.63) is 69.2 Å². The Bertz CT molecular complexity index is 956. The largest absolute Gasteiger partial charge is 0.452 e. The molecule has 0 aliphatic carbocycles. The number of nitro groups is 1. The first kappa shape index (κ1) is 22.3. The van der Waals surface area contributed by atoms with E-state index in [1.54, 1.807) is 12.1 Å². The molecular weight excluding hydrogens is 430 g/mol. The van der Waals surface area contributed by atoms with Gasteiger partial charge in [0.2, 0.25) is 0 Å². The van der Waals surface area contributed by atoms with E-state index in [9.17, 15) is 28.5 Å². The quantitative estimate of drug-likeness (QED) is 0.208. The highest BCUT2D eigenvalue weighted by molar-refractivity contribution is 7.99. The molecule has 0 saturated heterocycles. The highest BCUT2D eigenvalue weighted by Crippen LogP contribution is 2.31. The topological polar surface area (TPSA) is 98.5 Å². The zero-order valence-corrected chi connectivity index (χ0v) is 16.1. The molecule has 2 aromatic rings. The number of ether oxygens (including phenoxy) is 1. The summed E-state index contributed by atoms with van der Waals surface area (Å²) < 4.78 is 29.8. The predicted octanol–water partition coefficient (Wildman–Crippen LogP) is 4.76. The Kier molecular flexibility index (Phi) is 8.10. The molecular formula is C18H13ClF2N2O5S. The second-order valence-electron chi connectivity index (χ2n) is 5.33. The molecule has 1 N–H and O–H groups in total. The van der Waals surface area contributed by atoms with E-state index in [-0.39, 0.29) is 33.1 Å². The molecule has 2 aromatic carbocycles. The Morgan fingerprint density at radius 3 is 2.69 bits per heavy atom. The van der Waals surface area contributed by atoms with Gasteiger partial charge in [0.15, 0.2) is 6.61 Å². The van der Waals surface area contributed by atoms with E-state index in [2.05, 4.69) is 5.32 Å². The fraction of sp³-hybridized carbons (Fsp3) is 0.111. The first-order chi connectivity index (χ1) is 13.8. The summed E-state index contributed by atoms with van der Waals surface area (Å²) in [5.74, 6) is -4.23. The number of halogens is 3. The minimum Gasteiger partial charge on any atom is -0.452 e. The molecule has 0 atom stereocenters. The van der Waals surface area contributed by atoms with E-state index in [1.165, 1.54) is 36.4 Å². The van der Waals surface area contributed by atoms with Crippen LogP contribution in [-0.2, 0) is 14.3 Å². The van der Waals surface area contributed by atoms with Gasteiger partial charge in [0, 0.05) is 17.0 Å². The summed E-state index contributed by atoms with van der Waals surface area (Å²) >= 11 is 5.98. The van der Waals surface area contributed by atoms with E-state index in [0.717, 1.165) is 6.08 Å². The van der Waals surface area contributed by atoms with Crippen LogP contribution in [0.5, 0.6) is 0 Å². The van der Waals surface area contributed by atoms with Crippen LogP contribution in [0.15, 0.2) is 53.4 Å². The van der Waals surface area contributed by atoms with Crippen LogP contribution in [0.25, 0.3) is 6.08 Å². The number of carbonyl (C=O) groups excluding carboxylic acids is 2. The normalized spacial score (nSPS) is 10.9. The maximum Gasteiger partial charge on any atom is 0.331 e. The first-order valence-electron chi connectivity index (χ1n) is 7.88. The molecule has 0 radical (unpaired) electrons. The Hall–Kier alpha value is -2.98. The van der Waals surface area contributed by atoms with E-state index < -0.39 is 29.2 Å². The third-order valence-corrected chi connectivity index (χ3v) is 4.41.